The summed E-state index contributed by atoms with van der Waals surface area (Å²) in [5.74, 6) is -0.207. The van der Waals surface area contributed by atoms with Crippen LogP contribution in [-0.2, 0) is 10.3 Å². The van der Waals surface area contributed by atoms with Crippen molar-refractivity contribution in [2.24, 2.45) is 0 Å². The molecule has 1 fully saturated rings. The number of imide groups is 1. The van der Waals surface area contributed by atoms with Gasteiger partial charge in [-0.2, -0.15) is 0 Å². The van der Waals surface area contributed by atoms with Crippen molar-refractivity contribution in [3.8, 4) is 0 Å². The lowest BCUT2D eigenvalue weighted by Crippen LogP contribution is -2.43. The number of nitrogens with zero attached hydrogens (tertiary/aromatic N) is 1. The molecule has 0 radical (unpaired) electrons. The lowest BCUT2D eigenvalue weighted by atomic mass is 9.87. The van der Waals surface area contributed by atoms with Gasteiger partial charge in [0.1, 0.15) is 5.54 Å². The summed E-state index contributed by atoms with van der Waals surface area (Å²) < 4.78 is 0. The molecule has 0 unspecified atom stereocenters. The fourth-order valence-corrected chi connectivity index (χ4v) is 3.60. The molecule has 2 atom stereocenters. The molecule has 5 nitrogen and oxygen atoms in total. The van der Waals surface area contributed by atoms with Crippen molar-refractivity contribution in [2.45, 2.75) is 45.1 Å². The Kier molecular flexibility index (Phi) is 5.63. The van der Waals surface area contributed by atoms with Crippen LogP contribution < -0.4 is 5.32 Å². The molecule has 3 rings (SSSR count). The number of ketones is 1. The maximum atomic E-state index is 13.1. The summed E-state index contributed by atoms with van der Waals surface area (Å²) in [6, 6.07) is 16.1. The van der Waals surface area contributed by atoms with Crippen molar-refractivity contribution in [1.82, 2.24) is 10.2 Å². The monoisotopic (exact) mass is 378 g/mol. The van der Waals surface area contributed by atoms with Crippen LogP contribution in [0.2, 0.25) is 0 Å². The molecule has 146 valence electrons. The van der Waals surface area contributed by atoms with Gasteiger partial charge in [-0.05, 0) is 29.9 Å². The first-order valence-electron chi connectivity index (χ1n) is 9.75. The highest BCUT2D eigenvalue weighted by Crippen LogP contribution is 2.32. The van der Waals surface area contributed by atoms with E-state index in [4.69, 9.17) is 0 Å². The van der Waals surface area contributed by atoms with E-state index in [-0.39, 0.29) is 18.2 Å². The molecule has 2 aromatic rings. The van der Waals surface area contributed by atoms with Crippen LogP contribution in [0.5, 0.6) is 0 Å². The van der Waals surface area contributed by atoms with Crippen molar-refractivity contribution in [3.63, 3.8) is 0 Å². The number of urea groups is 1. The fraction of sp³-hybridized carbons (Fsp3) is 0.348. The molecule has 28 heavy (non-hydrogen) atoms. The number of carbonyl (C=O) groups is 3. The standard InChI is InChI=1S/C23H26N2O3/c1-4-16(3)17-11-13-18(14-12-17)20(26)15-25-21(27)23(5-2,24-22(25)28)19-9-7-6-8-10-19/h6-14,16H,4-5,15H2,1-3H3,(H,24,28)/t16-,23-/m1/s1. The zero-order chi connectivity index (χ0) is 20.3. The SMILES string of the molecule is CC[C@@H](C)c1ccc(C(=O)CN2C(=O)N[C@](CC)(c3ccccc3)C2=O)cc1. The number of nitrogens with one attached hydrogen (secondary N) is 1. The van der Waals surface area contributed by atoms with Gasteiger partial charge in [0.2, 0.25) is 0 Å². The zero-order valence-electron chi connectivity index (χ0n) is 16.6. The molecule has 5 heteroatoms. The Balaban J connectivity index is 1.80. The van der Waals surface area contributed by atoms with Crippen LogP contribution in [0.4, 0.5) is 4.79 Å². The highest BCUT2D eigenvalue weighted by Gasteiger charge is 2.51. The summed E-state index contributed by atoms with van der Waals surface area (Å²) in [5, 5.41) is 2.81. The van der Waals surface area contributed by atoms with Gasteiger partial charge in [-0.25, -0.2) is 4.79 Å². The summed E-state index contributed by atoms with van der Waals surface area (Å²) in [7, 11) is 0. The number of amides is 3. The molecule has 2 aromatic carbocycles. The number of rotatable bonds is 7. The summed E-state index contributed by atoms with van der Waals surface area (Å²) in [6.07, 6.45) is 1.43. The van der Waals surface area contributed by atoms with E-state index in [2.05, 4.69) is 19.2 Å². The average Bonchev–Trinajstić information content (AvgIpc) is 2.99. The molecule has 0 aliphatic carbocycles. The van der Waals surface area contributed by atoms with Gasteiger partial charge in [0.15, 0.2) is 5.78 Å². The first-order valence-corrected chi connectivity index (χ1v) is 9.75. The number of hydrogen-bond acceptors (Lipinski definition) is 3. The zero-order valence-corrected chi connectivity index (χ0v) is 16.6. The Hall–Kier alpha value is -2.95. The summed E-state index contributed by atoms with van der Waals surface area (Å²) in [6.45, 7) is 5.85. The van der Waals surface area contributed by atoms with Gasteiger partial charge in [0.05, 0.1) is 6.54 Å². The van der Waals surface area contributed by atoms with E-state index < -0.39 is 11.6 Å². The number of benzene rings is 2. The minimum absolute atomic E-state index is 0.251. The van der Waals surface area contributed by atoms with Crippen LogP contribution in [0, 0.1) is 0 Å². The van der Waals surface area contributed by atoms with E-state index in [1.54, 1.807) is 12.1 Å². The van der Waals surface area contributed by atoms with Crippen molar-refractivity contribution < 1.29 is 14.4 Å². The Bertz CT molecular complexity index is 876. The molecular formula is C23H26N2O3. The fourth-order valence-electron chi connectivity index (χ4n) is 3.60. The van der Waals surface area contributed by atoms with E-state index in [0.717, 1.165) is 16.9 Å². The predicted molar refractivity (Wildman–Crippen MR) is 108 cm³/mol. The van der Waals surface area contributed by atoms with Gasteiger partial charge in [-0.1, -0.05) is 75.4 Å². The van der Waals surface area contributed by atoms with Crippen molar-refractivity contribution in [2.75, 3.05) is 6.54 Å². The third-order valence-electron chi connectivity index (χ3n) is 5.69. The summed E-state index contributed by atoms with van der Waals surface area (Å²) in [5.41, 5.74) is 1.28. The van der Waals surface area contributed by atoms with E-state index in [1.165, 1.54) is 5.56 Å². The second-order valence-electron chi connectivity index (χ2n) is 7.30. The molecule has 0 bridgehead atoms. The highest BCUT2D eigenvalue weighted by atomic mass is 16.2. The maximum Gasteiger partial charge on any atom is 0.325 e. The Morgan fingerprint density at radius 1 is 1.04 bits per heavy atom. The summed E-state index contributed by atoms with van der Waals surface area (Å²) in [4.78, 5) is 39.4. The Labute approximate surface area is 165 Å². The normalized spacial score (nSPS) is 20.2. The quantitative estimate of drug-likeness (QED) is 0.579. The van der Waals surface area contributed by atoms with Crippen LogP contribution in [0.1, 0.15) is 61.0 Å². The third-order valence-corrected chi connectivity index (χ3v) is 5.69. The van der Waals surface area contributed by atoms with Gasteiger partial charge in [0.25, 0.3) is 5.91 Å². The maximum absolute atomic E-state index is 13.1. The largest absolute Gasteiger partial charge is 0.325 e. The minimum atomic E-state index is -1.11. The van der Waals surface area contributed by atoms with Crippen LogP contribution in [-0.4, -0.2) is 29.2 Å². The average molecular weight is 378 g/mol. The molecule has 1 N–H and O–H groups in total. The lowest BCUT2D eigenvalue weighted by molar-refractivity contribution is -0.131. The third kappa shape index (κ3) is 3.44. The molecule has 3 amide bonds. The first-order chi connectivity index (χ1) is 13.4. The minimum Gasteiger partial charge on any atom is -0.319 e. The van der Waals surface area contributed by atoms with Gasteiger partial charge in [-0.15, -0.1) is 0 Å². The number of hydrogen-bond donors (Lipinski definition) is 1. The van der Waals surface area contributed by atoms with Crippen LogP contribution in [0.25, 0.3) is 0 Å². The van der Waals surface area contributed by atoms with Crippen molar-refractivity contribution in [1.29, 1.82) is 0 Å². The smallest absolute Gasteiger partial charge is 0.319 e. The first kappa shape index (κ1) is 19.8. The topological polar surface area (TPSA) is 66.5 Å². The summed E-state index contributed by atoms with van der Waals surface area (Å²) >= 11 is 0. The predicted octanol–water partition coefficient (Wildman–Crippen LogP) is 4.24. The van der Waals surface area contributed by atoms with Gasteiger partial charge in [0, 0.05) is 5.56 Å². The van der Waals surface area contributed by atoms with E-state index in [1.807, 2.05) is 49.4 Å². The van der Waals surface area contributed by atoms with Crippen LogP contribution >= 0.6 is 0 Å². The molecule has 0 spiro atoms. The second kappa shape index (κ2) is 7.97. The Morgan fingerprint density at radius 2 is 1.68 bits per heavy atom. The van der Waals surface area contributed by atoms with E-state index >= 15 is 0 Å². The van der Waals surface area contributed by atoms with Crippen LogP contribution in [0.3, 0.4) is 0 Å². The van der Waals surface area contributed by atoms with Crippen molar-refractivity contribution >= 4 is 17.7 Å². The molecule has 1 aliphatic rings. The Morgan fingerprint density at radius 3 is 2.25 bits per heavy atom. The van der Waals surface area contributed by atoms with Crippen LogP contribution in [0.15, 0.2) is 54.6 Å². The molecule has 1 aliphatic heterocycles. The number of Topliss-reactive ketones (excluding diaryl/α,β-unsaturated/α-hetero) is 1. The van der Waals surface area contributed by atoms with Crippen molar-refractivity contribution in [3.05, 3.63) is 71.3 Å². The van der Waals surface area contributed by atoms with Gasteiger partial charge < -0.3 is 5.32 Å². The van der Waals surface area contributed by atoms with Gasteiger partial charge >= 0.3 is 6.03 Å². The molecular weight excluding hydrogens is 352 g/mol. The number of carbonyl (C=O) groups excluding carboxylic acids is 3. The van der Waals surface area contributed by atoms with E-state index in [9.17, 15) is 14.4 Å². The molecule has 1 heterocycles. The van der Waals surface area contributed by atoms with Gasteiger partial charge in [-0.3, -0.25) is 14.5 Å². The van der Waals surface area contributed by atoms with E-state index in [0.29, 0.717) is 17.9 Å². The second-order valence-corrected chi connectivity index (χ2v) is 7.30. The lowest BCUT2D eigenvalue weighted by Gasteiger charge is -2.25. The molecule has 0 saturated carbocycles. The molecule has 1 saturated heterocycles. The highest BCUT2D eigenvalue weighted by molar-refractivity contribution is 6.11. The molecule has 0 aromatic heterocycles.